The van der Waals surface area contributed by atoms with Crippen molar-refractivity contribution in [1.29, 1.82) is 0 Å². The lowest BCUT2D eigenvalue weighted by Gasteiger charge is -2.35. The predicted molar refractivity (Wildman–Crippen MR) is 134 cm³/mol. The highest BCUT2D eigenvalue weighted by molar-refractivity contribution is 8.11. The number of nitrogens with one attached hydrogen (secondary N) is 3. The van der Waals surface area contributed by atoms with Crippen molar-refractivity contribution in [2.45, 2.75) is 44.9 Å². The summed E-state index contributed by atoms with van der Waals surface area (Å²) in [6.45, 7) is 5.80. The molecule has 0 bridgehead atoms. The van der Waals surface area contributed by atoms with Crippen molar-refractivity contribution in [3.8, 4) is 0 Å². The molecule has 0 radical (unpaired) electrons. The Balaban J connectivity index is 4.70. The summed E-state index contributed by atoms with van der Waals surface area (Å²) in [4.78, 5) is 0. The number of hydrogen-bond donors (Lipinski definition) is 6. The molecule has 0 unspecified atom stereocenters. The zero-order valence-electron chi connectivity index (χ0n) is 14.4. The normalized spacial score (nSPS) is 10.8. The van der Waals surface area contributed by atoms with Gasteiger partial charge in [0.15, 0.2) is 0 Å². The van der Waals surface area contributed by atoms with E-state index in [1.807, 2.05) is 6.08 Å². The summed E-state index contributed by atoms with van der Waals surface area (Å²) in [7, 11) is 0. The first kappa shape index (κ1) is 25.5. The standard InChI is InChI=1S/C16H29N3S6/c1-2-3-4-5-6-7-8-9-16(10-17-13(20)21,11-18-14(22)23)12-19-15(24)25/h2H,1,3-12H2,(H2,17,20,21)(H2,18,22,23)(H2,19,24,25). The maximum atomic E-state index is 5.05. The third kappa shape index (κ3) is 15.2. The number of unbranched alkanes of at least 4 members (excludes halogenated alkanes) is 5. The lowest BCUT2D eigenvalue weighted by atomic mass is 9.81. The van der Waals surface area contributed by atoms with Crippen LogP contribution in [0.15, 0.2) is 12.7 Å². The van der Waals surface area contributed by atoms with Crippen LogP contribution in [-0.2, 0) is 0 Å². The fourth-order valence-corrected chi connectivity index (χ4v) is 3.01. The maximum Gasteiger partial charge on any atom is 0.130 e. The van der Waals surface area contributed by atoms with Crippen LogP contribution < -0.4 is 16.0 Å². The SMILES string of the molecule is C=CCCCCCCCC(CNC(=S)S)(CNC(=S)S)CNC(=S)S. The topological polar surface area (TPSA) is 36.1 Å². The number of thiol groups is 3. The Bertz CT molecular complexity index is 396. The van der Waals surface area contributed by atoms with Crippen molar-refractivity contribution < 1.29 is 0 Å². The van der Waals surface area contributed by atoms with Gasteiger partial charge in [-0.25, -0.2) is 0 Å². The largest absolute Gasteiger partial charge is 0.370 e. The van der Waals surface area contributed by atoms with Gasteiger partial charge in [-0.15, -0.1) is 44.5 Å². The molecule has 0 fully saturated rings. The Labute approximate surface area is 185 Å². The highest BCUT2D eigenvalue weighted by Crippen LogP contribution is 2.25. The van der Waals surface area contributed by atoms with Gasteiger partial charge in [0.05, 0.1) is 0 Å². The highest BCUT2D eigenvalue weighted by Gasteiger charge is 2.30. The van der Waals surface area contributed by atoms with Crippen LogP contribution in [0.3, 0.4) is 0 Å². The van der Waals surface area contributed by atoms with Crippen LogP contribution in [0.5, 0.6) is 0 Å². The fourth-order valence-electron chi connectivity index (χ4n) is 2.56. The Morgan fingerprint density at radius 2 is 1.16 bits per heavy atom. The molecule has 0 saturated carbocycles. The molecule has 3 nitrogen and oxygen atoms in total. The van der Waals surface area contributed by atoms with E-state index in [4.69, 9.17) is 36.7 Å². The fraction of sp³-hybridized carbons (Fsp3) is 0.688. The first-order chi connectivity index (χ1) is 11.8. The third-order valence-electron chi connectivity index (χ3n) is 3.96. The lowest BCUT2D eigenvalue weighted by molar-refractivity contribution is 0.255. The second-order valence-corrected chi connectivity index (χ2v) is 9.55. The molecule has 0 amide bonds. The summed E-state index contributed by atoms with van der Waals surface area (Å²) < 4.78 is 1.45. The van der Waals surface area contributed by atoms with Gasteiger partial charge in [-0.3, -0.25) is 0 Å². The molecule has 0 aliphatic heterocycles. The van der Waals surface area contributed by atoms with Crippen LogP contribution in [-0.4, -0.2) is 32.6 Å². The molecule has 0 spiro atoms. The molecule has 0 aromatic rings. The minimum Gasteiger partial charge on any atom is -0.370 e. The summed E-state index contributed by atoms with van der Waals surface area (Å²) in [5.74, 6) is 0. The van der Waals surface area contributed by atoms with Gasteiger partial charge in [-0.2, -0.15) is 0 Å². The third-order valence-corrected chi connectivity index (χ3v) is 4.87. The van der Waals surface area contributed by atoms with Crippen LogP contribution in [0.2, 0.25) is 0 Å². The average molecular weight is 456 g/mol. The van der Waals surface area contributed by atoms with Gasteiger partial charge >= 0.3 is 0 Å². The Hall–Kier alpha value is 0.460. The summed E-state index contributed by atoms with van der Waals surface area (Å²) >= 11 is 27.7. The molecule has 0 aromatic carbocycles. The van der Waals surface area contributed by atoms with Gasteiger partial charge in [0.25, 0.3) is 0 Å². The molecule has 0 heterocycles. The van der Waals surface area contributed by atoms with Gasteiger partial charge < -0.3 is 16.0 Å². The Morgan fingerprint density at radius 3 is 1.56 bits per heavy atom. The van der Waals surface area contributed by atoms with E-state index in [1.165, 1.54) is 25.7 Å². The summed E-state index contributed by atoms with van der Waals surface area (Å²) in [6, 6.07) is 0. The molecular formula is C16H29N3S6. The molecular weight excluding hydrogens is 427 g/mol. The molecule has 0 saturated heterocycles. The monoisotopic (exact) mass is 455 g/mol. The van der Waals surface area contributed by atoms with Gasteiger partial charge in [0.2, 0.25) is 0 Å². The van der Waals surface area contributed by atoms with E-state index in [0.717, 1.165) is 19.3 Å². The molecule has 0 aliphatic carbocycles. The lowest BCUT2D eigenvalue weighted by Crippen LogP contribution is -2.50. The van der Waals surface area contributed by atoms with Gasteiger partial charge in [0.1, 0.15) is 13.0 Å². The van der Waals surface area contributed by atoms with Gasteiger partial charge in [0, 0.05) is 25.0 Å². The number of allylic oxidation sites excluding steroid dienone is 1. The number of rotatable bonds is 14. The van der Waals surface area contributed by atoms with Crippen molar-refractivity contribution >= 4 is 87.5 Å². The number of thiocarbonyl (C=S) groups is 3. The quantitative estimate of drug-likeness (QED) is 0.101. The van der Waals surface area contributed by atoms with Crippen molar-refractivity contribution in [3.05, 3.63) is 12.7 Å². The van der Waals surface area contributed by atoms with E-state index in [1.54, 1.807) is 0 Å². The smallest absolute Gasteiger partial charge is 0.130 e. The van der Waals surface area contributed by atoms with Crippen molar-refractivity contribution in [3.63, 3.8) is 0 Å². The van der Waals surface area contributed by atoms with E-state index in [-0.39, 0.29) is 5.41 Å². The first-order valence-electron chi connectivity index (χ1n) is 8.32. The second kappa shape index (κ2) is 15.5. The second-order valence-electron chi connectivity index (χ2n) is 6.07. The highest BCUT2D eigenvalue weighted by atomic mass is 32.1. The van der Waals surface area contributed by atoms with Crippen molar-refractivity contribution in [1.82, 2.24) is 16.0 Å². The van der Waals surface area contributed by atoms with Gasteiger partial charge in [-0.05, 0) is 19.3 Å². The van der Waals surface area contributed by atoms with Crippen LogP contribution in [0.1, 0.15) is 44.9 Å². The Morgan fingerprint density at radius 1 is 0.760 bits per heavy atom. The van der Waals surface area contributed by atoms with Crippen molar-refractivity contribution in [2.75, 3.05) is 19.6 Å². The van der Waals surface area contributed by atoms with Crippen LogP contribution >= 0.6 is 74.5 Å². The van der Waals surface area contributed by atoms with E-state index >= 15 is 0 Å². The summed E-state index contributed by atoms with van der Waals surface area (Å²) in [6.07, 6.45) is 10.1. The van der Waals surface area contributed by atoms with E-state index in [0.29, 0.717) is 32.6 Å². The molecule has 9 heteroatoms. The van der Waals surface area contributed by atoms with Crippen LogP contribution in [0.25, 0.3) is 0 Å². The molecule has 144 valence electrons. The molecule has 0 aliphatic rings. The number of hydrogen-bond acceptors (Lipinski definition) is 3. The minimum atomic E-state index is -0.118. The van der Waals surface area contributed by atoms with Gasteiger partial charge in [-0.1, -0.05) is 68.4 Å². The van der Waals surface area contributed by atoms with E-state index in [9.17, 15) is 0 Å². The zero-order valence-corrected chi connectivity index (χ0v) is 19.6. The molecule has 25 heavy (non-hydrogen) atoms. The first-order valence-corrected chi connectivity index (χ1v) is 10.9. The molecule has 0 rings (SSSR count). The van der Waals surface area contributed by atoms with Crippen LogP contribution in [0, 0.1) is 5.41 Å². The predicted octanol–water partition coefficient (Wildman–Crippen LogP) is 4.30. The minimum absolute atomic E-state index is 0.118. The molecule has 0 atom stereocenters. The zero-order chi connectivity index (χ0) is 19.1. The summed E-state index contributed by atoms with van der Waals surface area (Å²) in [5, 5.41) is 9.51. The average Bonchev–Trinajstić information content (AvgIpc) is 2.54. The maximum absolute atomic E-state index is 5.05. The van der Waals surface area contributed by atoms with E-state index in [2.05, 4.69) is 60.4 Å². The van der Waals surface area contributed by atoms with Crippen LogP contribution in [0.4, 0.5) is 0 Å². The van der Waals surface area contributed by atoms with E-state index < -0.39 is 0 Å². The van der Waals surface area contributed by atoms with Crippen molar-refractivity contribution in [2.24, 2.45) is 5.41 Å². The molecule has 3 N–H and O–H groups in total. The Kier molecular flexibility index (Phi) is 15.8. The molecule has 0 aromatic heterocycles. The summed E-state index contributed by atoms with van der Waals surface area (Å²) in [5.41, 5.74) is -0.118.